The molecule has 0 saturated heterocycles. The summed E-state index contributed by atoms with van der Waals surface area (Å²) in [4.78, 5) is 21.3. The topological polar surface area (TPSA) is 88.0 Å². The maximum absolute atomic E-state index is 11.9. The number of aromatic amines is 1. The van der Waals surface area contributed by atoms with E-state index in [0.29, 0.717) is 18.6 Å². The largest absolute Gasteiger partial charge is 0.341 e. The maximum Gasteiger partial charge on any atom is 0.180 e. The van der Waals surface area contributed by atoms with E-state index in [1.54, 1.807) is 6.20 Å². The van der Waals surface area contributed by atoms with Gasteiger partial charge in [0, 0.05) is 48.1 Å². The molecule has 7 nitrogen and oxygen atoms in total. The van der Waals surface area contributed by atoms with Crippen molar-refractivity contribution in [2.45, 2.75) is 32.1 Å². The van der Waals surface area contributed by atoms with E-state index in [9.17, 15) is 4.79 Å². The fraction of sp³-hybridized carbons (Fsp3) is 0.217. The van der Waals surface area contributed by atoms with Gasteiger partial charge in [-0.2, -0.15) is 5.10 Å². The molecule has 148 valence electrons. The Morgan fingerprint density at radius 2 is 2.07 bits per heavy atom. The van der Waals surface area contributed by atoms with E-state index >= 15 is 0 Å². The van der Waals surface area contributed by atoms with Crippen LogP contribution in [0.1, 0.15) is 32.1 Å². The molecule has 6 rings (SSSR count). The minimum atomic E-state index is 0.330. The zero-order valence-electron chi connectivity index (χ0n) is 16.4. The average molecular weight is 396 g/mol. The lowest BCUT2D eigenvalue weighted by atomic mass is 9.84. The van der Waals surface area contributed by atoms with Crippen molar-refractivity contribution in [1.29, 1.82) is 0 Å². The molecule has 2 aliphatic rings. The summed E-state index contributed by atoms with van der Waals surface area (Å²) in [5, 5.41) is 11.7. The number of nitrogens with zero attached hydrogens (tertiary/aromatic N) is 4. The molecule has 1 aromatic carbocycles. The van der Waals surface area contributed by atoms with Crippen LogP contribution in [0.5, 0.6) is 0 Å². The molecule has 0 bridgehead atoms. The van der Waals surface area contributed by atoms with Crippen molar-refractivity contribution >= 4 is 28.2 Å². The second kappa shape index (κ2) is 6.66. The summed E-state index contributed by atoms with van der Waals surface area (Å²) in [6.45, 7) is 0. The van der Waals surface area contributed by atoms with Crippen LogP contribution in [-0.2, 0) is 4.79 Å². The SMILES string of the molecule is O=C1CCC2=C(C=C(Nc3nc(-c4ccc5cn[nH]c5c4)cn4ccnc34)CC2)C1. The smallest absolute Gasteiger partial charge is 0.180 e. The van der Waals surface area contributed by atoms with Crippen molar-refractivity contribution in [3.8, 4) is 11.3 Å². The summed E-state index contributed by atoms with van der Waals surface area (Å²) < 4.78 is 1.99. The molecule has 3 heterocycles. The lowest BCUT2D eigenvalue weighted by Crippen LogP contribution is -2.15. The first kappa shape index (κ1) is 17.1. The number of aromatic nitrogens is 5. The summed E-state index contributed by atoms with van der Waals surface area (Å²) in [5.74, 6) is 1.05. The number of rotatable bonds is 3. The molecule has 2 N–H and O–H groups in total. The van der Waals surface area contributed by atoms with E-state index in [4.69, 9.17) is 4.98 Å². The second-order valence-electron chi connectivity index (χ2n) is 7.94. The van der Waals surface area contributed by atoms with Crippen molar-refractivity contribution in [3.63, 3.8) is 0 Å². The van der Waals surface area contributed by atoms with Gasteiger partial charge in [0.25, 0.3) is 0 Å². The van der Waals surface area contributed by atoms with Gasteiger partial charge in [-0.05, 0) is 37.0 Å². The van der Waals surface area contributed by atoms with Gasteiger partial charge in [0.1, 0.15) is 5.78 Å². The predicted molar refractivity (Wildman–Crippen MR) is 115 cm³/mol. The highest BCUT2D eigenvalue weighted by Crippen LogP contribution is 2.34. The van der Waals surface area contributed by atoms with E-state index < -0.39 is 0 Å². The summed E-state index contributed by atoms with van der Waals surface area (Å²) in [5.41, 5.74) is 7.31. The van der Waals surface area contributed by atoms with Crippen molar-refractivity contribution in [2.75, 3.05) is 5.32 Å². The van der Waals surface area contributed by atoms with Crippen molar-refractivity contribution in [3.05, 3.63) is 65.9 Å². The molecule has 0 spiro atoms. The summed E-state index contributed by atoms with van der Waals surface area (Å²) in [6.07, 6.45) is 13.7. The fourth-order valence-corrected chi connectivity index (χ4v) is 4.39. The van der Waals surface area contributed by atoms with E-state index in [0.717, 1.165) is 58.6 Å². The zero-order chi connectivity index (χ0) is 20.1. The number of imidazole rings is 1. The van der Waals surface area contributed by atoms with Crippen LogP contribution in [0.15, 0.2) is 65.9 Å². The first-order valence-electron chi connectivity index (χ1n) is 10.2. The summed E-state index contributed by atoms with van der Waals surface area (Å²) in [6, 6.07) is 6.15. The Morgan fingerprint density at radius 1 is 1.13 bits per heavy atom. The van der Waals surface area contributed by atoms with E-state index in [1.165, 1.54) is 11.1 Å². The number of Topliss-reactive ketones (excluding diaryl/α,β-unsaturated/α-hetero) is 1. The van der Waals surface area contributed by atoms with Gasteiger partial charge in [0.15, 0.2) is 11.5 Å². The molecule has 0 aliphatic heterocycles. The molecule has 0 radical (unpaired) electrons. The number of ketones is 1. The van der Waals surface area contributed by atoms with Crippen LogP contribution in [0.4, 0.5) is 5.82 Å². The Hall–Kier alpha value is -3.74. The van der Waals surface area contributed by atoms with Gasteiger partial charge in [-0.1, -0.05) is 17.7 Å². The van der Waals surface area contributed by atoms with Crippen LogP contribution < -0.4 is 5.32 Å². The fourth-order valence-electron chi connectivity index (χ4n) is 4.39. The van der Waals surface area contributed by atoms with Crippen molar-refractivity contribution in [1.82, 2.24) is 24.6 Å². The Morgan fingerprint density at radius 3 is 3.03 bits per heavy atom. The highest BCUT2D eigenvalue weighted by molar-refractivity contribution is 5.84. The summed E-state index contributed by atoms with van der Waals surface area (Å²) >= 11 is 0. The molecule has 0 amide bonds. The number of allylic oxidation sites excluding steroid dienone is 4. The zero-order valence-corrected chi connectivity index (χ0v) is 16.4. The minimum Gasteiger partial charge on any atom is -0.341 e. The molecule has 0 saturated carbocycles. The lowest BCUT2D eigenvalue weighted by molar-refractivity contribution is -0.118. The number of hydrogen-bond acceptors (Lipinski definition) is 5. The van der Waals surface area contributed by atoms with E-state index in [1.807, 2.05) is 29.1 Å². The highest BCUT2D eigenvalue weighted by atomic mass is 16.1. The van der Waals surface area contributed by atoms with Gasteiger partial charge >= 0.3 is 0 Å². The number of benzene rings is 1. The van der Waals surface area contributed by atoms with Crippen LogP contribution in [0.3, 0.4) is 0 Å². The first-order chi connectivity index (χ1) is 14.7. The maximum atomic E-state index is 11.9. The van der Waals surface area contributed by atoms with Gasteiger partial charge in [0.2, 0.25) is 0 Å². The van der Waals surface area contributed by atoms with Crippen LogP contribution in [0.25, 0.3) is 27.8 Å². The van der Waals surface area contributed by atoms with Gasteiger partial charge in [0.05, 0.1) is 17.4 Å². The third-order valence-electron chi connectivity index (χ3n) is 5.98. The highest BCUT2D eigenvalue weighted by Gasteiger charge is 2.21. The van der Waals surface area contributed by atoms with Crippen LogP contribution in [-0.4, -0.2) is 30.3 Å². The van der Waals surface area contributed by atoms with Gasteiger partial charge in [-0.25, -0.2) is 9.97 Å². The Bertz CT molecular complexity index is 1370. The lowest BCUT2D eigenvalue weighted by Gasteiger charge is -2.24. The molecule has 30 heavy (non-hydrogen) atoms. The molecule has 0 fully saturated rings. The predicted octanol–water partition coefficient (Wildman–Crippen LogP) is 4.41. The third kappa shape index (κ3) is 2.90. The Kier molecular flexibility index (Phi) is 3.80. The monoisotopic (exact) mass is 396 g/mol. The standard InChI is InChI=1S/C23H20N6O/c30-19-6-4-14-3-5-18(9-17(14)10-19)26-22-23-24-7-8-29(23)13-21(27-22)15-1-2-16-12-25-28-20(16)11-15/h1-2,7-9,11-13H,3-6,10H2,(H,25,28)(H,26,27). The molecular weight excluding hydrogens is 376 g/mol. The van der Waals surface area contributed by atoms with Crippen molar-refractivity contribution in [2.24, 2.45) is 0 Å². The molecule has 7 heteroatoms. The number of carbonyl (C=O) groups is 1. The molecule has 2 aliphatic carbocycles. The minimum absolute atomic E-state index is 0.330. The number of anilines is 1. The van der Waals surface area contributed by atoms with Crippen LogP contribution in [0.2, 0.25) is 0 Å². The number of nitrogens with one attached hydrogen (secondary N) is 2. The molecule has 4 aromatic rings. The number of H-pyrrole nitrogens is 1. The normalized spacial score (nSPS) is 16.8. The quantitative estimate of drug-likeness (QED) is 0.535. The van der Waals surface area contributed by atoms with Gasteiger partial charge in [-0.3, -0.25) is 9.89 Å². The van der Waals surface area contributed by atoms with Crippen molar-refractivity contribution < 1.29 is 4.79 Å². The number of carbonyl (C=O) groups excluding carboxylic acids is 1. The molecule has 0 unspecified atom stereocenters. The Balaban J connectivity index is 1.40. The molecule has 0 atom stereocenters. The number of hydrogen-bond donors (Lipinski definition) is 2. The molecular formula is C23H20N6O. The van der Waals surface area contributed by atoms with E-state index in [2.05, 4.69) is 38.7 Å². The summed E-state index contributed by atoms with van der Waals surface area (Å²) in [7, 11) is 0. The first-order valence-corrected chi connectivity index (χ1v) is 10.2. The average Bonchev–Trinajstić information content (AvgIpc) is 3.42. The Labute approximate surface area is 172 Å². The van der Waals surface area contributed by atoms with Gasteiger partial charge < -0.3 is 9.72 Å². The molecule has 3 aromatic heterocycles. The second-order valence-corrected chi connectivity index (χ2v) is 7.94. The van der Waals surface area contributed by atoms with Gasteiger partial charge in [-0.15, -0.1) is 0 Å². The third-order valence-corrected chi connectivity index (χ3v) is 5.98. The van der Waals surface area contributed by atoms with E-state index in [-0.39, 0.29) is 0 Å². The number of fused-ring (bicyclic) bond motifs is 2. The van der Waals surface area contributed by atoms with Crippen LogP contribution >= 0.6 is 0 Å². The van der Waals surface area contributed by atoms with Crippen LogP contribution in [0, 0.1) is 0 Å².